The highest BCUT2D eigenvalue weighted by molar-refractivity contribution is 7.89. The first kappa shape index (κ1) is 25.1. The van der Waals surface area contributed by atoms with Gasteiger partial charge in [0, 0.05) is 24.7 Å². The molecular formula is C21H27N3O7S2. The van der Waals surface area contributed by atoms with Gasteiger partial charge in [0.25, 0.3) is 5.91 Å². The third-order valence-electron chi connectivity index (χ3n) is 4.82. The van der Waals surface area contributed by atoms with Gasteiger partial charge in [-0.15, -0.1) is 0 Å². The van der Waals surface area contributed by atoms with Crippen molar-refractivity contribution in [2.24, 2.45) is 0 Å². The highest BCUT2D eigenvalue weighted by Gasteiger charge is 2.27. The molecule has 1 aliphatic rings. The predicted octanol–water partition coefficient (Wildman–Crippen LogP) is 1.66. The number of nitrogens with zero attached hydrogens (tertiary/aromatic N) is 1. The zero-order chi connectivity index (χ0) is 24.2. The second-order valence-electron chi connectivity index (χ2n) is 7.64. The second kappa shape index (κ2) is 10.2. The van der Waals surface area contributed by atoms with E-state index in [1.54, 1.807) is 13.8 Å². The van der Waals surface area contributed by atoms with E-state index in [0.717, 1.165) is 0 Å². The van der Waals surface area contributed by atoms with Crippen molar-refractivity contribution in [3.63, 3.8) is 0 Å². The number of nitrogens with one attached hydrogen (secondary N) is 2. The molecule has 2 aromatic carbocycles. The molecule has 1 amide bonds. The van der Waals surface area contributed by atoms with Gasteiger partial charge in [-0.3, -0.25) is 4.79 Å². The molecule has 12 heteroatoms. The minimum absolute atomic E-state index is 0.00189. The van der Waals surface area contributed by atoms with E-state index in [2.05, 4.69) is 10.0 Å². The van der Waals surface area contributed by atoms with Gasteiger partial charge >= 0.3 is 0 Å². The number of hydrogen-bond acceptors (Lipinski definition) is 7. The molecule has 0 radical (unpaired) electrons. The van der Waals surface area contributed by atoms with Crippen LogP contribution in [-0.4, -0.2) is 66.5 Å². The SMILES string of the molecule is COc1ccc(S(=O)(=O)N2CCOCC2)cc1NC(=O)c1cccc(S(=O)(=O)NC(C)C)c1. The molecule has 0 bridgehead atoms. The number of benzene rings is 2. The van der Waals surface area contributed by atoms with E-state index in [9.17, 15) is 21.6 Å². The average Bonchev–Trinajstić information content (AvgIpc) is 2.79. The quantitative estimate of drug-likeness (QED) is 0.567. The Kier molecular flexibility index (Phi) is 7.75. The average molecular weight is 498 g/mol. The van der Waals surface area contributed by atoms with Crippen LogP contribution in [0, 0.1) is 0 Å². The molecule has 1 heterocycles. The van der Waals surface area contributed by atoms with Gasteiger partial charge in [0.15, 0.2) is 0 Å². The first-order valence-electron chi connectivity index (χ1n) is 10.2. The van der Waals surface area contributed by atoms with Gasteiger partial charge in [-0.1, -0.05) is 6.07 Å². The maximum Gasteiger partial charge on any atom is 0.255 e. The maximum atomic E-state index is 13.0. The maximum absolute atomic E-state index is 13.0. The van der Waals surface area contributed by atoms with Crippen LogP contribution in [0.3, 0.4) is 0 Å². The second-order valence-corrected chi connectivity index (χ2v) is 11.3. The lowest BCUT2D eigenvalue weighted by molar-refractivity contribution is 0.0730. The molecule has 2 aromatic rings. The molecule has 0 atom stereocenters. The third-order valence-corrected chi connectivity index (χ3v) is 8.38. The summed E-state index contributed by atoms with van der Waals surface area (Å²) in [5, 5.41) is 2.63. The molecular weight excluding hydrogens is 470 g/mol. The number of hydrogen-bond donors (Lipinski definition) is 2. The molecule has 180 valence electrons. The van der Waals surface area contributed by atoms with Gasteiger partial charge in [0.1, 0.15) is 5.75 Å². The van der Waals surface area contributed by atoms with Gasteiger partial charge < -0.3 is 14.8 Å². The fourth-order valence-corrected chi connectivity index (χ4v) is 5.99. The summed E-state index contributed by atoms with van der Waals surface area (Å²) in [5.74, 6) is -0.356. The summed E-state index contributed by atoms with van der Waals surface area (Å²) in [4.78, 5) is 12.8. The van der Waals surface area contributed by atoms with Crippen molar-refractivity contribution in [2.75, 3.05) is 38.7 Å². The Morgan fingerprint density at radius 3 is 2.36 bits per heavy atom. The minimum atomic E-state index is -3.79. The van der Waals surface area contributed by atoms with Crippen molar-refractivity contribution >= 4 is 31.6 Å². The molecule has 1 aliphatic heterocycles. The zero-order valence-corrected chi connectivity index (χ0v) is 20.2. The summed E-state index contributed by atoms with van der Waals surface area (Å²) < 4.78 is 65.1. The first-order valence-corrected chi connectivity index (χ1v) is 13.2. The molecule has 1 saturated heterocycles. The Balaban J connectivity index is 1.89. The van der Waals surface area contributed by atoms with Crippen LogP contribution in [0.1, 0.15) is 24.2 Å². The van der Waals surface area contributed by atoms with Crippen molar-refractivity contribution in [1.29, 1.82) is 0 Å². The molecule has 0 aromatic heterocycles. The van der Waals surface area contributed by atoms with Crippen molar-refractivity contribution in [3.8, 4) is 5.75 Å². The van der Waals surface area contributed by atoms with E-state index in [4.69, 9.17) is 9.47 Å². The van der Waals surface area contributed by atoms with Gasteiger partial charge in [0.05, 0.1) is 35.8 Å². The number of carbonyl (C=O) groups is 1. The molecule has 3 rings (SSSR count). The molecule has 2 N–H and O–H groups in total. The number of morpholine rings is 1. The summed E-state index contributed by atoms with van der Waals surface area (Å²) in [6, 6.07) is 9.43. The standard InChI is InChI=1S/C21H27N3O7S2/c1-15(2)23-32(26,27)17-6-4-5-16(13-17)21(25)22-19-14-18(7-8-20(19)30-3)33(28,29)24-9-11-31-12-10-24/h4-8,13-15,23H,9-12H2,1-3H3,(H,22,25). The van der Waals surface area contributed by atoms with Crippen LogP contribution >= 0.6 is 0 Å². The smallest absolute Gasteiger partial charge is 0.255 e. The molecule has 0 aliphatic carbocycles. The summed E-state index contributed by atoms with van der Waals surface area (Å²) in [6.45, 7) is 4.48. The van der Waals surface area contributed by atoms with Crippen LogP contribution in [-0.2, 0) is 24.8 Å². The van der Waals surface area contributed by atoms with Crippen LogP contribution in [0.25, 0.3) is 0 Å². The van der Waals surface area contributed by atoms with E-state index in [1.807, 2.05) is 0 Å². The number of methoxy groups -OCH3 is 1. The summed E-state index contributed by atoms with van der Waals surface area (Å²) in [6.07, 6.45) is 0. The van der Waals surface area contributed by atoms with Gasteiger partial charge in [-0.2, -0.15) is 4.31 Å². The Morgan fingerprint density at radius 1 is 1.03 bits per heavy atom. The van der Waals surface area contributed by atoms with E-state index in [0.29, 0.717) is 13.2 Å². The number of carbonyl (C=O) groups excluding carboxylic acids is 1. The molecule has 33 heavy (non-hydrogen) atoms. The number of sulfonamides is 2. The van der Waals surface area contributed by atoms with Gasteiger partial charge in [0.2, 0.25) is 20.0 Å². The first-order chi connectivity index (χ1) is 15.5. The van der Waals surface area contributed by atoms with Crippen LogP contribution in [0.2, 0.25) is 0 Å². The highest BCUT2D eigenvalue weighted by atomic mass is 32.2. The monoisotopic (exact) mass is 497 g/mol. The van der Waals surface area contributed by atoms with Gasteiger partial charge in [-0.25, -0.2) is 21.6 Å². The molecule has 0 saturated carbocycles. The van der Waals surface area contributed by atoms with Crippen molar-refractivity contribution in [3.05, 3.63) is 48.0 Å². The van der Waals surface area contributed by atoms with Crippen LogP contribution in [0.5, 0.6) is 5.75 Å². The molecule has 0 unspecified atom stereocenters. The lowest BCUT2D eigenvalue weighted by atomic mass is 10.2. The summed E-state index contributed by atoms with van der Waals surface area (Å²) >= 11 is 0. The highest BCUT2D eigenvalue weighted by Crippen LogP contribution is 2.30. The van der Waals surface area contributed by atoms with E-state index in [-0.39, 0.29) is 45.9 Å². The number of rotatable bonds is 8. The number of ether oxygens (including phenoxy) is 2. The van der Waals surface area contributed by atoms with Crippen LogP contribution in [0.4, 0.5) is 5.69 Å². The van der Waals surface area contributed by atoms with Crippen molar-refractivity contribution in [2.45, 2.75) is 29.7 Å². The van der Waals surface area contributed by atoms with Crippen molar-refractivity contribution < 1.29 is 31.1 Å². The fourth-order valence-electron chi connectivity index (χ4n) is 3.26. The zero-order valence-electron chi connectivity index (χ0n) is 18.6. The Hall–Kier alpha value is -2.51. The largest absolute Gasteiger partial charge is 0.495 e. The molecule has 10 nitrogen and oxygen atoms in total. The molecule has 1 fully saturated rings. The summed E-state index contributed by atoms with van der Waals surface area (Å²) in [5.41, 5.74) is 0.232. The Labute approximate surface area is 194 Å². The van der Waals surface area contributed by atoms with E-state index < -0.39 is 26.0 Å². The fraction of sp³-hybridized carbons (Fsp3) is 0.381. The lowest BCUT2D eigenvalue weighted by Crippen LogP contribution is -2.40. The summed E-state index contributed by atoms with van der Waals surface area (Å²) in [7, 11) is -6.18. The van der Waals surface area contributed by atoms with Crippen molar-refractivity contribution in [1.82, 2.24) is 9.03 Å². The third kappa shape index (κ3) is 5.89. The minimum Gasteiger partial charge on any atom is -0.495 e. The molecule has 0 spiro atoms. The Morgan fingerprint density at radius 2 is 1.73 bits per heavy atom. The Bertz CT molecular complexity index is 1220. The van der Waals surface area contributed by atoms with Crippen LogP contribution < -0.4 is 14.8 Å². The van der Waals surface area contributed by atoms with E-state index in [1.165, 1.54) is 53.9 Å². The number of amides is 1. The topological polar surface area (TPSA) is 131 Å². The number of anilines is 1. The lowest BCUT2D eigenvalue weighted by Gasteiger charge is -2.26. The van der Waals surface area contributed by atoms with Crippen LogP contribution in [0.15, 0.2) is 52.3 Å². The van der Waals surface area contributed by atoms with E-state index >= 15 is 0 Å². The normalized spacial score (nSPS) is 15.4. The van der Waals surface area contributed by atoms with Gasteiger partial charge in [-0.05, 0) is 50.2 Å². The predicted molar refractivity (Wildman–Crippen MR) is 122 cm³/mol.